The maximum atomic E-state index is 12.8. The van der Waals surface area contributed by atoms with Crippen molar-refractivity contribution in [3.63, 3.8) is 0 Å². The van der Waals surface area contributed by atoms with Gasteiger partial charge in [0.25, 0.3) is 0 Å². The van der Waals surface area contributed by atoms with E-state index in [0.717, 1.165) is 11.1 Å². The second-order valence-electron chi connectivity index (χ2n) is 9.52. The zero-order valence-corrected chi connectivity index (χ0v) is 21.8. The van der Waals surface area contributed by atoms with Gasteiger partial charge in [0.05, 0.1) is 6.21 Å². The van der Waals surface area contributed by atoms with E-state index in [1.54, 1.807) is 24.5 Å². The quantitative estimate of drug-likeness (QED) is 0.376. The maximum Gasteiger partial charge on any atom is 0.146 e. The fourth-order valence-electron chi connectivity index (χ4n) is 2.80. The number of nitrogens with zero attached hydrogens (tertiary/aromatic N) is 2. The molecule has 0 bridgehead atoms. The van der Waals surface area contributed by atoms with Crippen molar-refractivity contribution < 1.29 is 34.2 Å². The van der Waals surface area contributed by atoms with Gasteiger partial charge in [0.2, 0.25) is 0 Å². The van der Waals surface area contributed by atoms with Crippen LogP contribution in [0, 0.1) is 0 Å². The standard InChI is InChI=1S/C20H27N3O.C6H6NO.O.V/c1-19(2,3)15-11-14(18(24)16(12-15)20(4,5)6)13-22-23-17-9-7-8-10-21-17;7-5-3-1-2-4-6(5)8;;/h7-13,24H,1-6H3,(H,21,23);1-4,7-8H;;/q;-1;-2;/p-2/b22-13+;;;. The van der Waals surface area contributed by atoms with Crippen LogP contribution in [0.3, 0.4) is 0 Å². The summed E-state index contributed by atoms with van der Waals surface area (Å²) in [6, 6.07) is 15.7. The fourth-order valence-corrected chi connectivity index (χ4v) is 2.80. The monoisotopic (exact) mass is 498 g/mol. The number of hydrogen-bond acceptors (Lipinski definition) is 5. The number of aromatic nitrogens is 1. The Morgan fingerprint density at radius 3 is 2.00 bits per heavy atom. The summed E-state index contributed by atoms with van der Waals surface area (Å²) < 4.78 is 0. The molecule has 0 fully saturated rings. The molecule has 0 unspecified atom stereocenters. The van der Waals surface area contributed by atoms with Gasteiger partial charge in [-0.3, -0.25) is 5.43 Å². The van der Waals surface area contributed by atoms with E-state index in [1.165, 1.54) is 12.1 Å². The number of hydrogen-bond donors (Lipinski definition) is 1. The Balaban J connectivity index is 0.000000927. The summed E-state index contributed by atoms with van der Waals surface area (Å²) in [5.74, 6) is 0.457. The van der Waals surface area contributed by atoms with Gasteiger partial charge in [0.1, 0.15) is 5.82 Å². The molecule has 8 heteroatoms. The molecule has 0 saturated heterocycles. The average Bonchev–Trinajstić information content (AvgIpc) is 2.71. The van der Waals surface area contributed by atoms with E-state index in [-0.39, 0.29) is 52.0 Å². The van der Waals surface area contributed by atoms with Crippen molar-refractivity contribution >= 4 is 17.7 Å². The molecule has 3 rings (SSSR count). The van der Waals surface area contributed by atoms with Crippen molar-refractivity contribution in [3.8, 4) is 11.5 Å². The van der Waals surface area contributed by atoms with Gasteiger partial charge in [-0.2, -0.15) is 10.8 Å². The second kappa shape index (κ2) is 13.0. The molecular formula is C26H31N4O3V-5. The van der Waals surface area contributed by atoms with Crippen molar-refractivity contribution in [2.75, 3.05) is 5.43 Å². The van der Waals surface area contributed by atoms with Gasteiger partial charge in [0, 0.05) is 24.8 Å². The third-order valence-corrected chi connectivity index (χ3v) is 4.73. The van der Waals surface area contributed by atoms with Crippen molar-refractivity contribution in [1.29, 1.82) is 0 Å². The Morgan fingerprint density at radius 2 is 1.53 bits per heavy atom. The molecule has 0 aliphatic carbocycles. The van der Waals surface area contributed by atoms with Crippen molar-refractivity contribution in [2.24, 2.45) is 5.10 Å². The van der Waals surface area contributed by atoms with Gasteiger partial charge in [-0.1, -0.05) is 89.8 Å². The van der Waals surface area contributed by atoms with E-state index in [9.17, 15) is 10.2 Å². The van der Waals surface area contributed by atoms with Gasteiger partial charge in [-0.25, -0.2) is 4.98 Å². The van der Waals surface area contributed by atoms with Crippen LogP contribution < -0.4 is 15.6 Å². The molecule has 0 saturated carbocycles. The molecular weight excluding hydrogens is 467 g/mol. The fraction of sp³-hybridized carbons (Fsp3) is 0.308. The van der Waals surface area contributed by atoms with Gasteiger partial charge >= 0.3 is 0 Å². The smallest absolute Gasteiger partial charge is 0.146 e. The van der Waals surface area contributed by atoms with Crippen LogP contribution in [-0.4, -0.2) is 11.2 Å². The van der Waals surface area contributed by atoms with E-state index < -0.39 is 0 Å². The Labute approximate surface area is 214 Å². The number of pyridine rings is 1. The summed E-state index contributed by atoms with van der Waals surface area (Å²) in [5, 5.41) is 27.4. The molecule has 2 N–H and O–H groups in total. The average molecular weight is 499 g/mol. The Morgan fingerprint density at radius 1 is 0.912 bits per heavy atom. The van der Waals surface area contributed by atoms with E-state index in [1.807, 2.05) is 30.3 Å². The van der Waals surface area contributed by atoms with Crippen molar-refractivity contribution in [3.05, 3.63) is 83.2 Å². The van der Waals surface area contributed by atoms with E-state index in [0.29, 0.717) is 11.4 Å². The van der Waals surface area contributed by atoms with Crippen LogP contribution >= 0.6 is 0 Å². The predicted molar refractivity (Wildman–Crippen MR) is 129 cm³/mol. The summed E-state index contributed by atoms with van der Waals surface area (Å²) in [4.78, 5) is 4.14. The molecule has 34 heavy (non-hydrogen) atoms. The first-order chi connectivity index (χ1) is 14.9. The first-order valence-corrected chi connectivity index (χ1v) is 10.4. The minimum absolute atomic E-state index is 0. The topological polar surface area (TPSA) is 136 Å². The molecule has 1 radical (unpaired) electrons. The van der Waals surface area contributed by atoms with Crippen LogP contribution in [-0.2, 0) is 34.9 Å². The first-order valence-electron chi connectivity index (χ1n) is 10.4. The normalized spacial score (nSPS) is 11.0. The van der Waals surface area contributed by atoms with Gasteiger partial charge in [-0.15, -0.1) is 5.75 Å². The number of para-hydroxylation sites is 1. The molecule has 183 valence electrons. The molecule has 0 atom stereocenters. The molecule has 0 amide bonds. The van der Waals surface area contributed by atoms with Gasteiger partial charge < -0.3 is 21.4 Å². The predicted octanol–water partition coefficient (Wildman–Crippen LogP) is 5.52. The van der Waals surface area contributed by atoms with E-state index >= 15 is 0 Å². The summed E-state index contributed by atoms with van der Waals surface area (Å²) in [7, 11) is 0. The zero-order valence-electron chi connectivity index (χ0n) is 20.4. The molecule has 0 spiro atoms. The zero-order chi connectivity index (χ0) is 23.9. The Hall–Kier alpha value is -3.00. The summed E-state index contributed by atoms with van der Waals surface area (Å²) in [6.07, 6.45) is 3.27. The minimum atomic E-state index is -0.215. The van der Waals surface area contributed by atoms with Crippen LogP contribution in [0.2, 0.25) is 0 Å². The molecule has 1 aromatic heterocycles. The molecule has 7 nitrogen and oxygen atoms in total. The second-order valence-corrected chi connectivity index (χ2v) is 9.52. The molecule has 0 aliphatic heterocycles. The van der Waals surface area contributed by atoms with E-state index in [2.05, 4.69) is 57.1 Å². The number of rotatable bonds is 3. The van der Waals surface area contributed by atoms with Crippen molar-refractivity contribution in [2.45, 2.75) is 52.4 Å². The Kier molecular flexibility index (Phi) is 11.9. The Bertz CT molecular complexity index is 1040. The first kappa shape index (κ1) is 31.0. The summed E-state index contributed by atoms with van der Waals surface area (Å²) in [5.41, 5.74) is 12.1. The maximum absolute atomic E-state index is 12.8. The minimum Gasteiger partial charge on any atom is -2.00 e. The SMILES string of the molecule is CC(C)(C)c1cc(/C=N/Nc2ccccn2)c([O-])c(C(C)(C)C)c1.[NH-]c1ccccc1[O-].[O-2].[V]. The van der Waals surface area contributed by atoms with Gasteiger partial charge in [-0.05, 0) is 39.7 Å². The third-order valence-electron chi connectivity index (χ3n) is 4.73. The van der Waals surface area contributed by atoms with Crippen LogP contribution in [0.1, 0.15) is 58.2 Å². The summed E-state index contributed by atoms with van der Waals surface area (Å²) >= 11 is 0. The number of nitrogens with one attached hydrogen (secondary N) is 2. The van der Waals surface area contributed by atoms with Crippen LogP contribution in [0.5, 0.6) is 11.5 Å². The molecule has 1 heterocycles. The van der Waals surface area contributed by atoms with E-state index in [4.69, 9.17) is 5.73 Å². The van der Waals surface area contributed by atoms with Crippen LogP contribution in [0.15, 0.2) is 65.9 Å². The molecule has 3 aromatic rings. The molecule has 0 aliphatic rings. The number of benzene rings is 2. The summed E-state index contributed by atoms with van der Waals surface area (Å²) in [6.45, 7) is 12.6. The van der Waals surface area contributed by atoms with Gasteiger partial charge in [0.15, 0.2) is 0 Å². The third kappa shape index (κ3) is 9.10. The van der Waals surface area contributed by atoms with Crippen LogP contribution in [0.4, 0.5) is 11.5 Å². The number of anilines is 1. The molecule has 2 aromatic carbocycles. The van der Waals surface area contributed by atoms with Crippen LogP contribution in [0.25, 0.3) is 5.73 Å². The largest absolute Gasteiger partial charge is 2.00 e. The number of hydrazone groups is 1. The van der Waals surface area contributed by atoms with Crippen molar-refractivity contribution in [1.82, 2.24) is 4.98 Å².